The van der Waals surface area contributed by atoms with E-state index in [0.29, 0.717) is 4.88 Å². The highest BCUT2D eigenvalue weighted by Gasteiger charge is 2.23. The molecule has 2 aliphatic rings. The first-order chi connectivity index (χ1) is 11.0. The van der Waals surface area contributed by atoms with E-state index in [1.165, 1.54) is 28.8 Å². The van der Waals surface area contributed by atoms with Gasteiger partial charge in [0.1, 0.15) is 5.71 Å². The normalized spacial score (nSPS) is 17.3. The molecule has 0 spiro atoms. The summed E-state index contributed by atoms with van der Waals surface area (Å²) in [5.74, 6) is -0.938. The average molecular weight is 334 g/mol. The van der Waals surface area contributed by atoms with E-state index in [2.05, 4.69) is 16.0 Å². The van der Waals surface area contributed by atoms with E-state index in [9.17, 15) is 14.4 Å². The van der Waals surface area contributed by atoms with Crippen molar-refractivity contribution in [1.82, 2.24) is 15.9 Å². The Morgan fingerprint density at radius 1 is 1.13 bits per heavy atom. The van der Waals surface area contributed by atoms with Crippen LogP contribution in [0.1, 0.15) is 45.8 Å². The van der Waals surface area contributed by atoms with Gasteiger partial charge >= 0.3 is 0 Å². The zero-order chi connectivity index (χ0) is 16.4. The standard InChI is InChI=1S/C15H18N4O3S/c1-19-13(20)7-6-10(18-19)14(21)16-17-15(22)12-8-9-4-2-3-5-11(9)23-12/h8H,2-7H2,1H3,(H,16,21)(H,17,22). The maximum Gasteiger partial charge on any atom is 0.285 e. The maximum atomic E-state index is 12.1. The number of hydrogen-bond acceptors (Lipinski definition) is 5. The molecule has 0 atom stereocenters. The molecule has 2 heterocycles. The topological polar surface area (TPSA) is 90.9 Å². The lowest BCUT2D eigenvalue weighted by Crippen LogP contribution is -2.46. The Bertz CT molecular complexity index is 671. The molecule has 0 fully saturated rings. The second-order valence-corrected chi connectivity index (χ2v) is 6.78. The predicted octanol–water partition coefficient (Wildman–Crippen LogP) is 0.996. The van der Waals surface area contributed by atoms with Gasteiger partial charge in [0.05, 0.1) is 4.88 Å². The molecule has 7 nitrogen and oxygen atoms in total. The number of fused-ring (bicyclic) bond motifs is 1. The van der Waals surface area contributed by atoms with Gasteiger partial charge in [-0.2, -0.15) is 5.10 Å². The van der Waals surface area contributed by atoms with Crippen molar-refractivity contribution in [1.29, 1.82) is 0 Å². The van der Waals surface area contributed by atoms with Crippen molar-refractivity contribution in [3.8, 4) is 0 Å². The summed E-state index contributed by atoms with van der Waals surface area (Å²) in [5, 5.41) is 5.05. The van der Waals surface area contributed by atoms with Gasteiger partial charge in [-0.15, -0.1) is 11.3 Å². The zero-order valence-electron chi connectivity index (χ0n) is 12.8. The summed E-state index contributed by atoms with van der Waals surface area (Å²) >= 11 is 1.48. The van der Waals surface area contributed by atoms with E-state index < -0.39 is 5.91 Å². The molecule has 3 amide bonds. The number of nitrogens with zero attached hydrogens (tertiary/aromatic N) is 2. The summed E-state index contributed by atoms with van der Waals surface area (Å²) in [4.78, 5) is 37.3. The smallest absolute Gasteiger partial charge is 0.273 e. The lowest BCUT2D eigenvalue weighted by molar-refractivity contribution is -0.130. The number of carbonyl (C=O) groups excluding carboxylic acids is 3. The van der Waals surface area contributed by atoms with Gasteiger partial charge in [-0.3, -0.25) is 25.2 Å². The van der Waals surface area contributed by atoms with Gasteiger partial charge in [0.25, 0.3) is 11.8 Å². The molecular formula is C15H18N4O3S. The fraction of sp³-hybridized carbons (Fsp3) is 0.467. The number of aryl methyl sites for hydroxylation is 2. The fourth-order valence-electron chi connectivity index (χ4n) is 2.68. The third kappa shape index (κ3) is 3.42. The summed E-state index contributed by atoms with van der Waals surface area (Å²) in [6, 6.07) is 1.91. The van der Waals surface area contributed by atoms with E-state index in [0.717, 1.165) is 30.7 Å². The number of amides is 3. The summed E-state index contributed by atoms with van der Waals surface area (Å²) in [6.07, 6.45) is 4.89. The Morgan fingerprint density at radius 3 is 2.61 bits per heavy atom. The molecular weight excluding hydrogens is 316 g/mol. The highest BCUT2D eigenvalue weighted by molar-refractivity contribution is 7.14. The molecule has 8 heteroatoms. The maximum absolute atomic E-state index is 12.1. The lowest BCUT2D eigenvalue weighted by atomic mass is 9.99. The van der Waals surface area contributed by atoms with Gasteiger partial charge in [0, 0.05) is 24.8 Å². The number of hydrazone groups is 1. The molecule has 1 aromatic rings. The van der Waals surface area contributed by atoms with Crippen LogP contribution in [-0.4, -0.2) is 35.5 Å². The Balaban J connectivity index is 1.58. The second kappa shape index (κ2) is 6.49. The number of hydrazine groups is 1. The molecule has 0 saturated carbocycles. The van der Waals surface area contributed by atoms with Gasteiger partial charge in [0.2, 0.25) is 5.91 Å². The fourth-order valence-corrected chi connectivity index (χ4v) is 3.83. The Kier molecular flexibility index (Phi) is 4.42. The Hall–Kier alpha value is -2.22. The van der Waals surface area contributed by atoms with Crippen LogP contribution < -0.4 is 10.9 Å². The van der Waals surface area contributed by atoms with Crippen LogP contribution in [0.2, 0.25) is 0 Å². The van der Waals surface area contributed by atoms with E-state index in [-0.39, 0.29) is 30.4 Å². The quantitative estimate of drug-likeness (QED) is 0.791. The van der Waals surface area contributed by atoms with Crippen LogP contribution in [0.3, 0.4) is 0 Å². The monoisotopic (exact) mass is 334 g/mol. The summed E-state index contributed by atoms with van der Waals surface area (Å²) in [6.45, 7) is 0. The molecule has 1 aliphatic heterocycles. The molecule has 0 aromatic carbocycles. The third-order valence-electron chi connectivity index (χ3n) is 3.98. The van der Waals surface area contributed by atoms with Crippen LogP contribution in [0, 0.1) is 0 Å². The van der Waals surface area contributed by atoms with Crippen molar-refractivity contribution < 1.29 is 14.4 Å². The molecule has 0 bridgehead atoms. The molecule has 23 heavy (non-hydrogen) atoms. The van der Waals surface area contributed by atoms with Crippen molar-refractivity contribution in [3.63, 3.8) is 0 Å². The third-order valence-corrected chi connectivity index (χ3v) is 5.22. The van der Waals surface area contributed by atoms with Crippen molar-refractivity contribution in [2.24, 2.45) is 5.10 Å². The Morgan fingerprint density at radius 2 is 1.87 bits per heavy atom. The minimum Gasteiger partial charge on any atom is -0.273 e. The Labute approximate surface area is 137 Å². The summed E-state index contributed by atoms with van der Waals surface area (Å²) in [5.41, 5.74) is 6.26. The highest BCUT2D eigenvalue weighted by Crippen LogP contribution is 2.29. The van der Waals surface area contributed by atoms with Crippen LogP contribution in [0.25, 0.3) is 0 Å². The van der Waals surface area contributed by atoms with E-state index >= 15 is 0 Å². The van der Waals surface area contributed by atoms with Crippen molar-refractivity contribution in [2.45, 2.75) is 38.5 Å². The van der Waals surface area contributed by atoms with Crippen molar-refractivity contribution >= 4 is 34.8 Å². The number of carbonyl (C=O) groups is 3. The van der Waals surface area contributed by atoms with Crippen LogP contribution >= 0.6 is 11.3 Å². The van der Waals surface area contributed by atoms with E-state index in [1.54, 1.807) is 0 Å². The highest BCUT2D eigenvalue weighted by atomic mass is 32.1. The minimum absolute atomic E-state index is 0.130. The number of hydrogen-bond donors (Lipinski definition) is 2. The van der Waals surface area contributed by atoms with Crippen LogP contribution in [0.5, 0.6) is 0 Å². The SMILES string of the molecule is CN1N=C(C(=O)NNC(=O)c2cc3c(s2)CCCC3)CCC1=O. The molecule has 0 saturated heterocycles. The number of nitrogens with one attached hydrogen (secondary N) is 2. The molecule has 2 N–H and O–H groups in total. The van der Waals surface area contributed by atoms with E-state index in [4.69, 9.17) is 0 Å². The summed E-state index contributed by atoms with van der Waals surface area (Å²) < 4.78 is 0. The molecule has 0 radical (unpaired) electrons. The average Bonchev–Trinajstić information content (AvgIpc) is 2.99. The first-order valence-electron chi connectivity index (χ1n) is 7.61. The van der Waals surface area contributed by atoms with Crippen molar-refractivity contribution in [2.75, 3.05) is 7.05 Å². The zero-order valence-corrected chi connectivity index (χ0v) is 13.7. The predicted molar refractivity (Wildman–Crippen MR) is 86.0 cm³/mol. The minimum atomic E-state index is -0.487. The van der Waals surface area contributed by atoms with Crippen LogP contribution in [-0.2, 0) is 22.4 Å². The van der Waals surface area contributed by atoms with Gasteiger partial charge in [-0.25, -0.2) is 5.01 Å². The van der Waals surface area contributed by atoms with Gasteiger partial charge < -0.3 is 0 Å². The number of thiophene rings is 1. The van der Waals surface area contributed by atoms with Gasteiger partial charge in [0.15, 0.2) is 0 Å². The van der Waals surface area contributed by atoms with E-state index in [1.807, 2.05) is 6.07 Å². The number of rotatable bonds is 2. The molecule has 3 rings (SSSR count). The first kappa shape index (κ1) is 15.7. The molecule has 122 valence electrons. The molecule has 1 aromatic heterocycles. The first-order valence-corrected chi connectivity index (χ1v) is 8.42. The van der Waals surface area contributed by atoms with Crippen LogP contribution in [0.15, 0.2) is 11.2 Å². The molecule has 0 unspecified atom stereocenters. The largest absolute Gasteiger partial charge is 0.285 e. The second-order valence-electron chi connectivity index (χ2n) is 5.64. The molecule has 1 aliphatic carbocycles. The summed E-state index contributed by atoms with van der Waals surface area (Å²) in [7, 11) is 1.50. The lowest BCUT2D eigenvalue weighted by Gasteiger charge is -2.18. The van der Waals surface area contributed by atoms with Crippen LogP contribution in [0.4, 0.5) is 0 Å². The van der Waals surface area contributed by atoms with Gasteiger partial charge in [-0.1, -0.05) is 0 Å². The van der Waals surface area contributed by atoms with Crippen molar-refractivity contribution in [3.05, 3.63) is 21.4 Å². The van der Waals surface area contributed by atoms with Gasteiger partial charge in [-0.05, 0) is 37.3 Å².